The number of carbonyl (C=O) groups is 3. The van der Waals surface area contributed by atoms with Gasteiger partial charge < -0.3 is 19.5 Å². The first-order chi connectivity index (χ1) is 16.3. The molecule has 0 aromatic heterocycles. The molecule has 0 unspecified atom stereocenters. The molecule has 0 saturated carbocycles. The van der Waals surface area contributed by atoms with Gasteiger partial charge in [0.05, 0.1) is 18.4 Å². The summed E-state index contributed by atoms with van der Waals surface area (Å²) < 4.78 is 54.4. The van der Waals surface area contributed by atoms with E-state index in [0.29, 0.717) is 0 Å². The van der Waals surface area contributed by atoms with Crippen molar-refractivity contribution in [3.05, 3.63) is 48.0 Å². The molecule has 35 heavy (non-hydrogen) atoms. The average molecular weight is 494 g/mol. The van der Waals surface area contributed by atoms with Gasteiger partial charge in [-0.25, -0.2) is 9.69 Å². The largest absolute Gasteiger partial charge is 0.495 e. The zero-order valence-electron chi connectivity index (χ0n) is 19.6. The van der Waals surface area contributed by atoms with Crippen LogP contribution < -0.4 is 14.8 Å². The summed E-state index contributed by atoms with van der Waals surface area (Å²) in [7, 11) is 1.38. The summed E-state index contributed by atoms with van der Waals surface area (Å²) in [6, 6.07) is 7.49. The Labute approximate surface area is 199 Å². The second-order valence-electron chi connectivity index (χ2n) is 8.77. The molecule has 3 rings (SSSR count). The Bertz CT molecular complexity index is 1110. The molecule has 1 aliphatic rings. The smallest absolute Gasteiger partial charge is 0.417 e. The highest BCUT2D eigenvalue weighted by Crippen LogP contribution is 2.34. The topological polar surface area (TPSA) is 94.2 Å². The molecule has 1 heterocycles. The first kappa shape index (κ1) is 25.9. The maximum absolute atomic E-state index is 13.0. The van der Waals surface area contributed by atoms with E-state index in [4.69, 9.17) is 14.2 Å². The normalized spacial score (nSPS) is 16.1. The van der Waals surface area contributed by atoms with Crippen LogP contribution in [0.25, 0.3) is 0 Å². The van der Waals surface area contributed by atoms with Crippen molar-refractivity contribution in [3.8, 4) is 17.2 Å². The van der Waals surface area contributed by atoms with Crippen LogP contribution >= 0.6 is 0 Å². The lowest BCUT2D eigenvalue weighted by Gasteiger charge is -2.27. The van der Waals surface area contributed by atoms with E-state index in [1.54, 1.807) is 20.8 Å². The van der Waals surface area contributed by atoms with Crippen molar-refractivity contribution in [2.24, 2.45) is 0 Å². The SMILES string of the molecule is COc1ccc(Oc2ccc(C(F)(F)F)cc2)cc1NC(=O)[C@@H]1CCC(=O)N1C(=O)OC(C)(C)C. The number of carbonyl (C=O) groups excluding carboxylic acids is 3. The number of methoxy groups -OCH3 is 1. The van der Waals surface area contributed by atoms with Crippen LogP contribution in [-0.4, -0.2) is 41.6 Å². The van der Waals surface area contributed by atoms with E-state index in [2.05, 4.69) is 5.32 Å². The molecule has 0 spiro atoms. The fourth-order valence-corrected chi connectivity index (χ4v) is 3.38. The second kappa shape index (κ2) is 9.85. The fourth-order valence-electron chi connectivity index (χ4n) is 3.38. The van der Waals surface area contributed by atoms with Crippen LogP contribution in [0.15, 0.2) is 42.5 Å². The number of anilines is 1. The highest BCUT2D eigenvalue weighted by Gasteiger charge is 2.42. The molecule has 1 atom stereocenters. The van der Waals surface area contributed by atoms with Crippen LogP contribution in [0.2, 0.25) is 0 Å². The number of imide groups is 1. The number of amides is 3. The molecular weight excluding hydrogens is 469 g/mol. The van der Waals surface area contributed by atoms with E-state index >= 15 is 0 Å². The van der Waals surface area contributed by atoms with Gasteiger partial charge >= 0.3 is 12.3 Å². The molecule has 0 radical (unpaired) electrons. The van der Waals surface area contributed by atoms with Crippen LogP contribution in [-0.2, 0) is 20.5 Å². The third kappa shape index (κ3) is 6.43. The number of halogens is 3. The number of rotatable bonds is 5. The molecule has 0 aliphatic carbocycles. The standard InChI is InChI=1S/C24H25F3N2O6/c1-23(2,3)35-22(32)29-18(10-12-20(29)30)21(31)28-17-13-16(9-11-19(17)33-4)34-15-7-5-14(6-8-15)24(25,26)27/h5-9,11,13,18H,10,12H2,1-4H3,(H,28,31)/t18-/m0/s1. The summed E-state index contributed by atoms with van der Waals surface area (Å²) in [4.78, 5) is 38.6. The molecule has 1 fully saturated rings. The number of hydrogen-bond donors (Lipinski definition) is 1. The van der Waals surface area contributed by atoms with E-state index in [9.17, 15) is 27.6 Å². The number of nitrogens with one attached hydrogen (secondary N) is 1. The Morgan fingerprint density at radius 2 is 1.66 bits per heavy atom. The Morgan fingerprint density at radius 3 is 2.23 bits per heavy atom. The predicted molar refractivity (Wildman–Crippen MR) is 119 cm³/mol. The van der Waals surface area contributed by atoms with E-state index in [-0.39, 0.29) is 35.8 Å². The number of nitrogens with zero attached hydrogens (tertiary/aromatic N) is 1. The molecule has 1 aliphatic heterocycles. The highest BCUT2D eigenvalue weighted by molar-refractivity contribution is 6.05. The summed E-state index contributed by atoms with van der Waals surface area (Å²) in [6.07, 6.45) is -5.25. The Morgan fingerprint density at radius 1 is 1.03 bits per heavy atom. The lowest BCUT2D eigenvalue weighted by Crippen LogP contribution is -2.47. The zero-order valence-corrected chi connectivity index (χ0v) is 19.6. The third-order valence-electron chi connectivity index (χ3n) is 4.95. The lowest BCUT2D eigenvalue weighted by molar-refractivity contribution is -0.137. The quantitative estimate of drug-likeness (QED) is 0.601. The van der Waals surface area contributed by atoms with Crippen molar-refractivity contribution < 1.29 is 41.8 Å². The molecule has 8 nitrogen and oxygen atoms in total. The molecule has 11 heteroatoms. The molecule has 0 bridgehead atoms. The molecule has 1 saturated heterocycles. The molecule has 3 amide bonds. The molecule has 188 valence electrons. The van der Waals surface area contributed by atoms with Gasteiger partial charge in [-0.1, -0.05) is 0 Å². The minimum Gasteiger partial charge on any atom is -0.495 e. The zero-order chi connectivity index (χ0) is 26.0. The summed E-state index contributed by atoms with van der Waals surface area (Å²) in [5, 5.41) is 2.63. The van der Waals surface area contributed by atoms with Crippen molar-refractivity contribution in [2.75, 3.05) is 12.4 Å². The lowest BCUT2D eigenvalue weighted by atomic mass is 10.2. The van der Waals surface area contributed by atoms with Crippen LogP contribution in [0.1, 0.15) is 39.2 Å². The summed E-state index contributed by atoms with van der Waals surface area (Å²) >= 11 is 0. The number of hydrogen-bond acceptors (Lipinski definition) is 6. The first-order valence-electron chi connectivity index (χ1n) is 10.7. The summed E-state index contributed by atoms with van der Waals surface area (Å²) in [6.45, 7) is 4.94. The van der Waals surface area contributed by atoms with Gasteiger partial charge in [-0.3, -0.25) is 9.59 Å². The van der Waals surface area contributed by atoms with Crippen LogP contribution in [0.5, 0.6) is 17.2 Å². The number of likely N-dealkylation sites (tertiary alicyclic amines) is 1. The Hall–Kier alpha value is -3.76. The van der Waals surface area contributed by atoms with E-state index in [1.165, 1.54) is 37.4 Å². The molecule has 2 aromatic rings. The van der Waals surface area contributed by atoms with Crippen LogP contribution in [0.4, 0.5) is 23.7 Å². The van der Waals surface area contributed by atoms with Gasteiger partial charge in [-0.2, -0.15) is 13.2 Å². The summed E-state index contributed by atoms with van der Waals surface area (Å²) in [5.41, 5.74) is -1.48. The van der Waals surface area contributed by atoms with Gasteiger partial charge in [-0.15, -0.1) is 0 Å². The fraction of sp³-hybridized carbons (Fsp3) is 0.375. The second-order valence-corrected chi connectivity index (χ2v) is 8.77. The monoisotopic (exact) mass is 494 g/mol. The molecule has 1 N–H and O–H groups in total. The van der Waals surface area contributed by atoms with Gasteiger partial charge in [0.15, 0.2) is 0 Å². The van der Waals surface area contributed by atoms with Crippen LogP contribution in [0, 0.1) is 0 Å². The average Bonchev–Trinajstić information content (AvgIpc) is 3.14. The number of ether oxygens (including phenoxy) is 3. The third-order valence-corrected chi connectivity index (χ3v) is 4.95. The van der Waals surface area contributed by atoms with E-state index in [0.717, 1.165) is 17.0 Å². The van der Waals surface area contributed by atoms with E-state index < -0.39 is 41.3 Å². The van der Waals surface area contributed by atoms with Crippen molar-refractivity contribution in [2.45, 2.75) is 51.4 Å². The van der Waals surface area contributed by atoms with Crippen molar-refractivity contribution in [1.29, 1.82) is 0 Å². The van der Waals surface area contributed by atoms with Gasteiger partial charge in [0.25, 0.3) is 0 Å². The Kier molecular flexibility index (Phi) is 7.27. The van der Waals surface area contributed by atoms with Gasteiger partial charge in [0.1, 0.15) is 28.9 Å². The minimum absolute atomic E-state index is 0.00549. The van der Waals surface area contributed by atoms with Gasteiger partial charge in [0.2, 0.25) is 11.8 Å². The first-order valence-corrected chi connectivity index (χ1v) is 10.7. The van der Waals surface area contributed by atoms with Crippen molar-refractivity contribution >= 4 is 23.6 Å². The van der Waals surface area contributed by atoms with Crippen molar-refractivity contribution in [1.82, 2.24) is 4.90 Å². The van der Waals surface area contributed by atoms with E-state index in [1.807, 2.05) is 0 Å². The van der Waals surface area contributed by atoms with Gasteiger partial charge in [0, 0.05) is 12.5 Å². The number of benzene rings is 2. The molecule has 2 aromatic carbocycles. The predicted octanol–water partition coefficient (Wildman–Crippen LogP) is 5.37. The minimum atomic E-state index is -4.47. The maximum Gasteiger partial charge on any atom is 0.417 e. The van der Waals surface area contributed by atoms with Crippen molar-refractivity contribution in [3.63, 3.8) is 0 Å². The Balaban J connectivity index is 1.78. The highest BCUT2D eigenvalue weighted by atomic mass is 19.4. The maximum atomic E-state index is 13.0. The van der Waals surface area contributed by atoms with Gasteiger partial charge in [-0.05, 0) is 63.6 Å². The summed E-state index contributed by atoms with van der Waals surface area (Å²) in [5.74, 6) is -0.519. The van der Waals surface area contributed by atoms with Crippen LogP contribution in [0.3, 0.4) is 0 Å². The molecular formula is C24H25F3N2O6. The number of alkyl halides is 3.